The Labute approximate surface area is 113 Å². The maximum Gasteiger partial charge on any atom is 0.410 e. The zero-order valence-electron chi connectivity index (χ0n) is 11.9. The third-order valence-electron chi connectivity index (χ3n) is 4.07. The molecule has 1 heterocycles. The molecule has 5 heteroatoms. The van der Waals surface area contributed by atoms with Crippen LogP contribution in [-0.4, -0.2) is 40.8 Å². The van der Waals surface area contributed by atoms with Gasteiger partial charge in [0.1, 0.15) is 5.60 Å². The molecule has 108 valence electrons. The van der Waals surface area contributed by atoms with Crippen molar-refractivity contribution in [2.24, 2.45) is 17.8 Å². The van der Waals surface area contributed by atoms with Gasteiger partial charge in [-0.3, -0.25) is 4.79 Å². The summed E-state index contributed by atoms with van der Waals surface area (Å²) in [5, 5.41) is 9.26. The average molecular weight is 269 g/mol. The number of aliphatic carboxylic acids is 1. The molecule has 0 bridgehead atoms. The van der Waals surface area contributed by atoms with Gasteiger partial charge in [0.15, 0.2) is 0 Å². The lowest BCUT2D eigenvalue weighted by molar-refractivity contribution is -0.145. The zero-order chi connectivity index (χ0) is 14.2. The normalized spacial score (nSPS) is 30.9. The molecule has 0 unspecified atom stereocenters. The van der Waals surface area contributed by atoms with Crippen molar-refractivity contribution in [2.75, 3.05) is 13.1 Å². The highest BCUT2D eigenvalue weighted by atomic mass is 16.6. The van der Waals surface area contributed by atoms with E-state index in [0.717, 1.165) is 19.3 Å². The Kier molecular flexibility index (Phi) is 3.74. The lowest BCUT2D eigenvalue weighted by Gasteiger charge is -2.29. The van der Waals surface area contributed by atoms with Gasteiger partial charge in [-0.05, 0) is 45.4 Å². The van der Waals surface area contributed by atoms with Crippen molar-refractivity contribution in [3.63, 3.8) is 0 Å². The minimum absolute atomic E-state index is 0.0961. The molecule has 1 amide bonds. The van der Waals surface area contributed by atoms with Crippen molar-refractivity contribution in [3.8, 4) is 0 Å². The molecule has 3 atom stereocenters. The van der Waals surface area contributed by atoms with Gasteiger partial charge in [0.2, 0.25) is 0 Å². The summed E-state index contributed by atoms with van der Waals surface area (Å²) in [5.41, 5.74) is -0.503. The molecule has 1 saturated heterocycles. The van der Waals surface area contributed by atoms with Crippen LogP contribution in [0.25, 0.3) is 0 Å². The van der Waals surface area contributed by atoms with Gasteiger partial charge in [0.25, 0.3) is 0 Å². The van der Waals surface area contributed by atoms with Crippen LogP contribution in [0.15, 0.2) is 0 Å². The maximum atomic E-state index is 12.0. The average Bonchev–Trinajstić information content (AvgIpc) is 2.69. The van der Waals surface area contributed by atoms with E-state index in [2.05, 4.69) is 0 Å². The molecule has 0 aromatic heterocycles. The summed E-state index contributed by atoms with van der Waals surface area (Å²) in [5.74, 6) is -0.604. The second-order valence-electron chi connectivity index (χ2n) is 6.68. The van der Waals surface area contributed by atoms with Crippen LogP contribution in [0.3, 0.4) is 0 Å². The van der Waals surface area contributed by atoms with Gasteiger partial charge in [-0.1, -0.05) is 6.42 Å². The third kappa shape index (κ3) is 3.19. The van der Waals surface area contributed by atoms with Crippen LogP contribution in [0, 0.1) is 17.8 Å². The van der Waals surface area contributed by atoms with Gasteiger partial charge in [0, 0.05) is 13.1 Å². The van der Waals surface area contributed by atoms with Crippen LogP contribution >= 0.6 is 0 Å². The number of likely N-dealkylation sites (tertiary alicyclic amines) is 1. The number of carbonyl (C=O) groups excluding carboxylic acids is 1. The van der Waals surface area contributed by atoms with Gasteiger partial charge in [0.05, 0.1) is 5.92 Å². The Bertz CT molecular complexity index is 374. The topological polar surface area (TPSA) is 66.8 Å². The van der Waals surface area contributed by atoms with Gasteiger partial charge in [-0.15, -0.1) is 0 Å². The van der Waals surface area contributed by atoms with E-state index in [-0.39, 0.29) is 17.9 Å². The highest BCUT2D eigenvalue weighted by Gasteiger charge is 2.45. The fraction of sp³-hybridized carbons (Fsp3) is 0.857. The molecule has 0 radical (unpaired) electrons. The van der Waals surface area contributed by atoms with Gasteiger partial charge >= 0.3 is 12.1 Å². The highest BCUT2D eigenvalue weighted by Crippen LogP contribution is 2.40. The number of hydrogen-bond donors (Lipinski definition) is 1. The highest BCUT2D eigenvalue weighted by molar-refractivity contribution is 5.72. The van der Waals surface area contributed by atoms with E-state index in [1.165, 1.54) is 0 Å². The second-order valence-corrected chi connectivity index (χ2v) is 6.68. The van der Waals surface area contributed by atoms with Crippen molar-refractivity contribution in [2.45, 2.75) is 45.6 Å². The van der Waals surface area contributed by atoms with Crippen LogP contribution in [0.1, 0.15) is 40.0 Å². The second kappa shape index (κ2) is 5.02. The van der Waals surface area contributed by atoms with Crippen LogP contribution < -0.4 is 0 Å². The summed E-state index contributed by atoms with van der Waals surface area (Å²) >= 11 is 0. The smallest absolute Gasteiger partial charge is 0.410 e. The maximum absolute atomic E-state index is 12.0. The number of carboxylic acid groups (broad SMARTS) is 1. The Morgan fingerprint density at radius 1 is 1.21 bits per heavy atom. The van der Waals surface area contributed by atoms with E-state index in [0.29, 0.717) is 19.0 Å². The fourth-order valence-electron chi connectivity index (χ4n) is 3.25. The Balaban J connectivity index is 2.01. The number of rotatable bonds is 1. The minimum Gasteiger partial charge on any atom is -0.481 e. The number of nitrogens with zero attached hydrogens (tertiary/aromatic N) is 1. The summed E-state index contributed by atoms with van der Waals surface area (Å²) in [4.78, 5) is 25.0. The van der Waals surface area contributed by atoms with Crippen molar-refractivity contribution in [3.05, 3.63) is 0 Å². The summed E-state index contributed by atoms with van der Waals surface area (Å²) in [6.07, 6.45) is 2.39. The first-order chi connectivity index (χ1) is 8.78. The van der Waals surface area contributed by atoms with E-state index < -0.39 is 11.6 Å². The molecular weight excluding hydrogens is 246 g/mol. The SMILES string of the molecule is CC(C)(C)OC(=O)N1C[C@@H]2CCC[C@H](C(=O)O)[C@H]2C1. The number of fused-ring (bicyclic) bond motifs is 1. The largest absolute Gasteiger partial charge is 0.481 e. The Morgan fingerprint density at radius 2 is 1.89 bits per heavy atom. The van der Waals surface area contributed by atoms with Crippen LogP contribution in [0.4, 0.5) is 4.79 Å². The molecule has 1 saturated carbocycles. The zero-order valence-corrected chi connectivity index (χ0v) is 11.9. The van der Waals surface area contributed by atoms with Gasteiger partial charge in [-0.2, -0.15) is 0 Å². The summed E-state index contributed by atoms with van der Waals surface area (Å²) in [6.45, 7) is 6.69. The summed E-state index contributed by atoms with van der Waals surface area (Å²) in [6, 6.07) is 0. The molecule has 0 aromatic rings. The number of hydrogen-bond acceptors (Lipinski definition) is 3. The van der Waals surface area contributed by atoms with E-state index in [4.69, 9.17) is 4.74 Å². The fourth-order valence-corrected chi connectivity index (χ4v) is 3.25. The third-order valence-corrected chi connectivity index (χ3v) is 4.07. The quantitative estimate of drug-likeness (QED) is 0.793. The number of ether oxygens (including phenoxy) is 1. The molecule has 0 spiro atoms. The molecule has 2 aliphatic rings. The molecule has 2 fully saturated rings. The molecule has 2 rings (SSSR count). The van der Waals surface area contributed by atoms with Gasteiger partial charge < -0.3 is 14.7 Å². The molecular formula is C14H23NO4. The van der Waals surface area contributed by atoms with Crippen LogP contribution in [0.5, 0.6) is 0 Å². The predicted octanol–water partition coefficient (Wildman–Crippen LogP) is 2.35. The number of amides is 1. The van der Waals surface area contributed by atoms with Crippen molar-refractivity contribution >= 4 is 12.1 Å². The summed E-state index contributed by atoms with van der Waals surface area (Å²) < 4.78 is 5.36. The van der Waals surface area contributed by atoms with E-state index in [1.54, 1.807) is 4.90 Å². The first kappa shape index (κ1) is 14.2. The van der Waals surface area contributed by atoms with E-state index in [1.807, 2.05) is 20.8 Å². The molecule has 1 aliphatic carbocycles. The Morgan fingerprint density at radius 3 is 2.47 bits per heavy atom. The Hall–Kier alpha value is -1.26. The molecule has 1 N–H and O–H groups in total. The van der Waals surface area contributed by atoms with E-state index in [9.17, 15) is 14.7 Å². The first-order valence-corrected chi connectivity index (χ1v) is 6.98. The number of carboxylic acids is 1. The molecule has 0 aromatic carbocycles. The standard InChI is InChI=1S/C14H23NO4/c1-14(2,3)19-13(18)15-7-9-5-4-6-10(12(16)17)11(9)8-15/h9-11H,4-8H2,1-3H3,(H,16,17)/t9-,10-,11-/m0/s1. The molecule has 1 aliphatic heterocycles. The summed E-state index contributed by atoms with van der Waals surface area (Å²) in [7, 11) is 0. The first-order valence-electron chi connectivity index (χ1n) is 6.98. The number of carbonyl (C=O) groups is 2. The van der Waals surface area contributed by atoms with Crippen LogP contribution in [0.2, 0.25) is 0 Å². The van der Waals surface area contributed by atoms with Crippen molar-refractivity contribution in [1.82, 2.24) is 4.90 Å². The monoisotopic (exact) mass is 269 g/mol. The molecule has 19 heavy (non-hydrogen) atoms. The van der Waals surface area contributed by atoms with E-state index >= 15 is 0 Å². The lowest BCUT2D eigenvalue weighted by atomic mass is 9.74. The van der Waals surface area contributed by atoms with Crippen molar-refractivity contribution < 1.29 is 19.4 Å². The lowest BCUT2D eigenvalue weighted by Crippen LogP contribution is -2.36. The van der Waals surface area contributed by atoms with Crippen molar-refractivity contribution in [1.29, 1.82) is 0 Å². The van der Waals surface area contributed by atoms with Gasteiger partial charge in [-0.25, -0.2) is 4.79 Å². The predicted molar refractivity (Wildman–Crippen MR) is 69.8 cm³/mol. The molecule has 5 nitrogen and oxygen atoms in total. The van der Waals surface area contributed by atoms with Crippen LogP contribution in [-0.2, 0) is 9.53 Å². The minimum atomic E-state index is -0.722.